The van der Waals surface area contributed by atoms with Crippen molar-refractivity contribution in [2.75, 3.05) is 13.2 Å². The summed E-state index contributed by atoms with van der Waals surface area (Å²) in [5.74, 6) is 1.36. The van der Waals surface area contributed by atoms with Crippen LogP contribution in [-0.4, -0.2) is 36.5 Å². The quantitative estimate of drug-likeness (QED) is 0.769. The van der Waals surface area contributed by atoms with Crippen LogP contribution in [0.3, 0.4) is 0 Å². The number of hydrogen-bond acceptors (Lipinski definition) is 4. The van der Waals surface area contributed by atoms with Crippen LogP contribution >= 0.6 is 11.6 Å². The van der Waals surface area contributed by atoms with Crippen LogP contribution < -0.4 is 9.47 Å². The van der Waals surface area contributed by atoms with Crippen LogP contribution in [0.25, 0.3) is 0 Å². The molecule has 2 aliphatic heterocycles. The number of nitrogens with zero attached hydrogens (tertiary/aromatic N) is 2. The number of rotatable bonds is 2. The van der Waals surface area contributed by atoms with Crippen LogP contribution in [0.5, 0.6) is 11.5 Å². The first-order valence-electron chi connectivity index (χ1n) is 8.06. The minimum Gasteiger partial charge on any atom is -0.489 e. The number of benzene rings is 1. The summed E-state index contributed by atoms with van der Waals surface area (Å²) in [6, 6.07) is 4.81. The zero-order chi connectivity index (χ0) is 15.5. The maximum absolute atomic E-state index is 6.32. The van der Waals surface area contributed by atoms with Gasteiger partial charge in [0.25, 0.3) is 0 Å². The molecule has 22 heavy (non-hydrogen) atoms. The summed E-state index contributed by atoms with van der Waals surface area (Å²) in [7, 11) is 0. The monoisotopic (exact) mass is 322 g/mol. The molecule has 0 N–H and O–H groups in total. The van der Waals surface area contributed by atoms with Crippen molar-refractivity contribution in [2.45, 2.75) is 51.6 Å². The van der Waals surface area contributed by atoms with Gasteiger partial charge in [0.1, 0.15) is 0 Å². The van der Waals surface area contributed by atoms with Gasteiger partial charge >= 0.3 is 0 Å². The Bertz CT molecular complexity index is 552. The van der Waals surface area contributed by atoms with Crippen LogP contribution in [0.2, 0.25) is 5.02 Å². The zero-order valence-electron chi connectivity index (χ0n) is 13.2. The highest BCUT2D eigenvalue weighted by atomic mass is 35.5. The van der Waals surface area contributed by atoms with Crippen molar-refractivity contribution in [3.8, 4) is 11.5 Å². The van der Waals surface area contributed by atoms with Gasteiger partial charge in [-0.1, -0.05) is 11.6 Å². The molecule has 5 heteroatoms. The fraction of sp³-hybridized carbons (Fsp3) is 0.588. The van der Waals surface area contributed by atoms with Crippen molar-refractivity contribution in [3.63, 3.8) is 0 Å². The van der Waals surface area contributed by atoms with Gasteiger partial charge in [0.05, 0.1) is 24.5 Å². The highest BCUT2D eigenvalue weighted by Gasteiger charge is 2.23. The van der Waals surface area contributed by atoms with Gasteiger partial charge in [-0.25, -0.2) is 0 Å². The summed E-state index contributed by atoms with van der Waals surface area (Å²) >= 11 is 6.32. The Labute approximate surface area is 137 Å². The van der Waals surface area contributed by atoms with Crippen molar-refractivity contribution in [1.82, 2.24) is 5.01 Å². The normalized spacial score (nSPS) is 25.3. The van der Waals surface area contributed by atoms with E-state index in [0.29, 0.717) is 41.8 Å². The van der Waals surface area contributed by atoms with Crippen LogP contribution in [0.4, 0.5) is 0 Å². The third-order valence-corrected chi connectivity index (χ3v) is 4.59. The number of hydrogen-bond donors (Lipinski definition) is 0. The molecule has 0 aliphatic carbocycles. The molecule has 1 fully saturated rings. The number of piperidine rings is 1. The Morgan fingerprint density at radius 3 is 2.64 bits per heavy atom. The summed E-state index contributed by atoms with van der Waals surface area (Å²) in [6.07, 6.45) is 6.42. The number of fused-ring (bicyclic) bond motifs is 1. The molecular formula is C17H23ClN2O2. The summed E-state index contributed by atoms with van der Waals surface area (Å²) in [4.78, 5) is 0. The lowest BCUT2D eigenvalue weighted by molar-refractivity contribution is 0.109. The van der Waals surface area contributed by atoms with Crippen LogP contribution in [0, 0.1) is 0 Å². The van der Waals surface area contributed by atoms with E-state index in [9.17, 15) is 0 Å². The Morgan fingerprint density at radius 2 is 1.86 bits per heavy atom. The Balaban J connectivity index is 1.81. The van der Waals surface area contributed by atoms with Gasteiger partial charge in [0, 0.05) is 18.5 Å². The lowest BCUT2D eigenvalue weighted by Crippen LogP contribution is -2.39. The Hall–Kier alpha value is -1.42. The van der Waals surface area contributed by atoms with E-state index in [2.05, 4.69) is 24.0 Å². The van der Waals surface area contributed by atoms with E-state index >= 15 is 0 Å². The van der Waals surface area contributed by atoms with Crippen molar-refractivity contribution >= 4 is 17.8 Å². The summed E-state index contributed by atoms with van der Waals surface area (Å²) in [5, 5.41) is 7.46. The van der Waals surface area contributed by atoms with Crippen molar-refractivity contribution in [2.24, 2.45) is 5.10 Å². The smallest absolute Gasteiger partial charge is 0.179 e. The van der Waals surface area contributed by atoms with Crippen molar-refractivity contribution in [1.29, 1.82) is 0 Å². The van der Waals surface area contributed by atoms with Crippen LogP contribution in [-0.2, 0) is 0 Å². The first kappa shape index (κ1) is 15.5. The third kappa shape index (κ3) is 3.32. The van der Waals surface area contributed by atoms with Crippen molar-refractivity contribution < 1.29 is 9.47 Å². The lowest BCUT2D eigenvalue weighted by Gasteiger charge is -2.36. The largest absolute Gasteiger partial charge is 0.489 e. The molecule has 1 aromatic carbocycles. The molecule has 4 nitrogen and oxygen atoms in total. The van der Waals surface area contributed by atoms with Crippen LogP contribution in [0.1, 0.15) is 45.1 Å². The van der Waals surface area contributed by atoms with Crippen LogP contribution in [0.15, 0.2) is 17.2 Å². The molecule has 1 saturated heterocycles. The SMILES string of the molecule is C[C@@H]1CCC[C@H](C)N1/N=C\c1cc(Cl)c2c(c1)OCCCO2. The first-order chi connectivity index (χ1) is 10.6. The van der Waals surface area contributed by atoms with Gasteiger partial charge in [-0.3, -0.25) is 5.01 Å². The number of hydrazone groups is 1. The highest BCUT2D eigenvalue weighted by Crippen LogP contribution is 2.37. The minimum atomic E-state index is 0.482. The maximum atomic E-state index is 6.32. The molecule has 2 atom stereocenters. The lowest BCUT2D eigenvalue weighted by atomic mass is 10.00. The van der Waals surface area contributed by atoms with Gasteiger partial charge < -0.3 is 9.47 Å². The van der Waals surface area contributed by atoms with E-state index in [4.69, 9.17) is 21.1 Å². The van der Waals surface area contributed by atoms with Crippen molar-refractivity contribution in [3.05, 3.63) is 22.7 Å². The second kappa shape index (κ2) is 6.78. The van der Waals surface area contributed by atoms with E-state index in [-0.39, 0.29) is 0 Å². The fourth-order valence-corrected chi connectivity index (χ4v) is 3.37. The second-order valence-corrected chi connectivity index (χ2v) is 6.54. The third-order valence-electron chi connectivity index (χ3n) is 4.31. The minimum absolute atomic E-state index is 0.482. The summed E-state index contributed by atoms with van der Waals surface area (Å²) in [6.45, 7) is 5.76. The second-order valence-electron chi connectivity index (χ2n) is 6.13. The molecule has 2 aliphatic rings. The maximum Gasteiger partial charge on any atom is 0.179 e. The average Bonchev–Trinajstić information content (AvgIpc) is 2.72. The van der Waals surface area contributed by atoms with E-state index in [1.54, 1.807) is 0 Å². The Morgan fingerprint density at radius 1 is 1.14 bits per heavy atom. The van der Waals surface area contributed by atoms with Gasteiger partial charge in [-0.15, -0.1) is 0 Å². The molecule has 3 rings (SSSR count). The molecule has 0 saturated carbocycles. The van der Waals surface area contributed by atoms with E-state index < -0.39 is 0 Å². The predicted octanol–water partition coefficient (Wildman–Crippen LogP) is 4.10. The predicted molar refractivity (Wildman–Crippen MR) is 89.3 cm³/mol. The fourth-order valence-electron chi connectivity index (χ4n) is 3.09. The van der Waals surface area contributed by atoms with Gasteiger partial charge in [0.2, 0.25) is 0 Å². The molecule has 0 aromatic heterocycles. The van der Waals surface area contributed by atoms with Gasteiger partial charge in [0.15, 0.2) is 11.5 Å². The molecule has 0 amide bonds. The van der Waals surface area contributed by atoms with Gasteiger partial charge in [-0.2, -0.15) is 5.10 Å². The molecule has 2 heterocycles. The molecule has 0 radical (unpaired) electrons. The topological polar surface area (TPSA) is 34.1 Å². The summed E-state index contributed by atoms with van der Waals surface area (Å²) < 4.78 is 11.4. The highest BCUT2D eigenvalue weighted by molar-refractivity contribution is 6.32. The average molecular weight is 323 g/mol. The molecule has 0 spiro atoms. The standard InChI is InChI=1S/C17H23ClN2O2/c1-12-5-3-6-13(2)20(12)19-11-14-9-15(18)17-16(10-14)21-7-4-8-22-17/h9-13H,3-8H2,1-2H3/b19-11-/t12-,13+. The zero-order valence-corrected chi connectivity index (χ0v) is 14.0. The molecule has 120 valence electrons. The molecule has 0 bridgehead atoms. The molecule has 1 aromatic rings. The van der Waals surface area contributed by atoms with E-state index in [1.807, 2.05) is 18.3 Å². The van der Waals surface area contributed by atoms with Gasteiger partial charge in [-0.05, 0) is 50.8 Å². The molecular weight excluding hydrogens is 300 g/mol. The number of halogens is 1. The number of ether oxygens (including phenoxy) is 2. The van der Waals surface area contributed by atoms with E-state index in [1.165, 1.54) is 19.3 Å². The summed E-state index contributed by atoms with van der Waals surface area (Å²) in [5.41, 5.74) is 0.944. The molecule has 0 unspecified atom stereocenters. The Kier molecular flexibility index (Phi) is 4.77. The first-order valence-corrected chi connectivity index (χ1v) is 8.44. The van der Waals surface area contributed by atoms with E-state index in [0.717, 1.165) is 12.0 Å².